The molecule has 0 bridgehead atoms. The zero-order chi connectivity index (χ0) is 18.4. The molecule has 142 valence electrons. The van der Waals surface area contributed by atoms with E-state index < -0.39 is 16.1 Å². The fourth-order valence-corrected chi connectivity index (χ4v) is 3.04. The Morgan fingerprint density at radius 3 is 2.04 bits per heavy atom. The fourth-order valence-electron chi connectivity index (χ4n) is 1.98. The minimum atomic E-state index is -3.55. The van der Waals surface area contributed by atoms with E-state index in [-0.39, 0.29) is 19.0 Å². The van der Waals surface area contributed by atoms with Crippen molar-refractivity contribution in [3.63, 3.8) is 0 Å². The topological polar surface area (TPSA) is 99.1 Å². The van der Waals surface area contributed by atoms with Gasteiger partial charge in [-0.05, 0) is 31.2 Å². The van der Waals surface area contributed by atoms with Crippen LogP contribution >= 0.6 is 0 Å². The molecule has 0 amide bonds. The molecule has 0 unspecified atom stereocenters. The van der Waals surface area contributed by atoms with E-state index in [4.69, 9.17) is 18.8 Å². The third-order valence-electron chi connectivity index (χ3n) is 3.19. The number of hydrogen-bond donors (Lipinski definition) is 1. The average Bonchev–Trinajstić information content (AvgIpc) is 2.56. The van der Waals surface area contributed by atoms with Gasteiger partial charge < -0.3 is 14.6 Å². The van der Waals surface area contributed by atoms with Gasteiger partial charge in [0.1, 0.15) is 12.4 Å². The molecule has 1 aromatic rings. The molecule has 1 rings (SSSR count). The maximum Gasteiger partial charge on any atom is 0.329 e. The molecule has 0 heterocycles. The van der Waals surface area contributed by atoms with Crippen molar-refractivity contribution in [2.75, 3.05) is 33.0 Å². The predicted octanol–water partition coefficient (Wildman–Crippen LogP) is 2.21. The average molecular weight is 374 g/mol. The van der Waals surface area contributed by atoms with E-state index in [0.29, 0.717) is 31.8 Å². The first kappa shape index (κ1) is 21.6. The Morgan fingerprint density at radius 1 is 0.880 bits per heavy atom. The van der Waals surface area contributed by atoms with Crippen molar-refractivity contribution in [3.05, 3.63) is 35.9 Å². The Hall–Kier alpha value is -1.48. The fraction of sp³-hybridized carbons (Fsp3) is 0.588. The van der Waals surface area contributed by atoms with Crippen LogP contribution in [-0.4, -0.2) is 52.5 Å². The molecule has 1 N–H and O–H groups in total. The lowest BCUT2D eigenvalue weighted by molar-refractivity contribution is -0.142. The maximum absolute atomic E-state index is 11.8. The first-order valence-corrected chi connectivity index (χ1v) is 9.85. The Morgan fingerprint density at radius 2 is 1.44 bits per heavy atom. The standard InChI is InChI=1S/C17H26O7S/c18-17(19)14-23-12-5-4-10-22-11-6-7-13-24-25(20,21)15-16-8-2-1-3-9-16/h1-3,8-9H,4-7,10-15H2,(H,18,19). The number of hydrogen-bond acceptors (Lipinski definition) is 6. The number of carbonyl (C=O) groups is 1. The molecule has 0 aliphatic heterocycles. The van der Waals surface area contributed by atoms with E-state index in [1.54, 1.807) is 24.3 Å². The molecule has 1 aromatic carbocycles. The number of ether oxygens (including phenoxy) is 2. The van der Waals surface area contributed by atoms with E-state index in [9.17, 15) is 13.2 Å². The zero-order valence-corrected chi connectivity index (χ0v) is 15.1. The van der Waals surface area contributed by atoms with Gasteiger partial charge in [0.25, 0.3) is 10.1 Å². The van der Waals surface area contributed by atoms with Gasteiger partial charge in [0.05, 0.1) is 6.61 Å². The summed E-state index contributed by atoms with van der Waals surface area (Å²) in [6.07, 6.45) is 2.86. The summed E-state index contributed by atoms with van der Waals surface area (Å²) in [4.78, 5) is 10.2. The lowest BCUT2D eigenvalue weighted by Gasteiger charge is -2.07. The van der Waals surface area contributed by atoms with Gasteiger partial charge in [0.2, 0.25) is 0 Å². The van der Waals surface area contributed by atoms with Gasteiger partial charge in [0, 0.05) is 19.8 Å². The Labute approximate surface area is 149 Å². The zero-order valence-electron chi connectivity index (χ0n) is 14.3. The van der Waals surface area contributed by atoms with Crippen LogP contribution in [0.15, 0.2) is 30.3 Å². The smallest absolute Gasteiger partial charge is 0.329 e. The molecule has 0 aliphatic carbocycles. The van der Waals surface area contributed by atoms with Crippen LogP contribution in [-0.2, 0) is 34.3 Å². The Balaban J connectivity index is 1.93. The first-order valence-electron chi connectivity index (χ1n) is 8.28. The Bertz CT molecular complexity index is 572. The molecule has 8 heteroatoms. The van der Waals surface area contributed by atoms with Crippen molar-refractivity contribution < 1.29 is 32.0 Å². The van der Waals surface area contributed by atoms with Crippen LogP contribution in [0.3, 0.4) is 0 Å². The largest absolute Gasteiger partial charge is 0.480 e. The number of rotatable bonds is 15. The van der Waals surface area contributed by atoms with Crippen molar-refractivity contribution in [2.45, 2.75) is 31.4 Å². The number of carboxylic acids is 1. The molecule has 0 atom stereocenters. The van der Waals surface area contributed by atoms with Gasteiger partial charge in [-0.3, -0.25) is 4.18 Å². The second-order valence-corrected chi connectivity index (χ2v) is 7.12. The van der Waals surface area contributed by atoms with Gasteiger partial charge in [0.15, 0.2) is 0 Å². The molecule has 7 nitrogen and oxygen atoms in total. The van der Waals surface area contributed by atoms with Crippen LogP contribution in [0.5, 0.6) is 0 Å². The summed E-state index contributed by atoms with van der Waals surface area (Å²) in [6, 6.07) is 8.92. The van der Waals surface area contributed by atoms with Crippen molar-refractivity contribution >= 4 is 16.1 Å². The highest BCUT2D eigenvalue weighted by Crippen LogP contribution is 2.08. The maximum atomic E-state index is 11.8. The second kappa shape index (κ2) is 12.8. The van der Waals surface area contributed by atoms with E-state index in [2.05, 4.69) is 0 Å². The highest BCUT2D eigenvalue weighted by atomic mass is 32.2. The highest BCUT2D eigenvalue weighted by molar-refractivity contribution is 7.85. The van der Waals surface area contributed by atoms with Gasteiger partial charge in [-0.2, -0.15) is 8.42 Å². The third kappa shape index (κ3) is 12.5. The lowest BCUT2D eigenvalue weighted by atomic mass is 10.2. The quantitative estimate of drug-likeness (QED) is 0.371. The molecule has 0 saturated heterocycles. The minimum absolute atomic E-state index is 0.117. The number of aliphatic carboxylic acids is 1. The molecule has 0 saturated carbocycles. The third-order valence-corrected chi connectivity index (χ3v) is 4.40. The van der Waals surface area contributed by atoms with Crippen LogP contribution < -0.4 is 0 Å². The number of unbranched alkanes of at least 4 members (excludes halogenated alkanes) is 2. The summed E-state index contributed by atoms with van der Waals surface area (Å²) in [6.45, 7) is 1.40. The highest BCUT2D eigenvalue weighted by Gasteiger charge is 2.11. The Kier molecular flexibility index (Phi) is 11.1. The summed E-state index contributed by atoms with van der Waals surface area (Å²) >= 11 is 0. The van der Waals surface area contributed by atoms with E-state index in [0.717, 1.165) is 19.3 Å². The molecule has 0 radical (unpaired) electrons. The summed E-state index contributed by atoms with van der Waals surface area (Å²) in [5.74, 6) is -1.09. The normalized spacial score (nSPS) is 11.5. The molecular formula is C17H26O7S. The van der Waals surface area contributed by atoms with Crippen LogP contribution in [0.4, 0.5) is 0 Å². The number of carboxylic acid groups (broad SMARTS) is 1. The molecular weight excluding hydrogens is 348 g/mol. The van der Waals surface area contributed by atoms with E-state index in [1.165, 1.54) is 0 Å². The van der Waals surface area contributed by atoms with Crippen LogP contribution in [0.25, 0.3) is 0 Å². The van der Waals surface area contributed by atoms with Gasteiger partial charge in [-0.1, -0.05) is 30.3 Å². The van der Waals surface area contributed by atoms with Gasteiger partial charge in [-0.25, -0.2) is 4.79 Å². The van der Waals surface area contributed by atoms with Gasteiger partial charge >= 0.3 is 5.97 Å². The van der Waals surface area contributed by atoms with Crippen LogP contribution in [0.1, 0.15) is 31.2 Å². The molecule has 0 spiro atoms. The minimum Gasteiger partial charge on any atom is -0.480 e. The molecule has 25 heavy (non-hydrogen) atoms. The van der Waals surface area contributed by atoms with Crippen molar-refractivity contribution in [3.8, 4) is 0 Å². The van der Waals surface area contributed by atoms with E-state index >= 15 is 0 Å². The SMILES string of the molecule is O=C(O)COCCCCOCCCCOS(=O)(=O)Cc1ccccc1. The summed E-state index contributed by atoms with van der Waals surface area (Å²) in [5, 5.41) is 8.38. The summed E-state index contributed by atoms with van der Waals surface area (Å²) in [7, 11) is -3.55. The van der Waals surface area contributed by atoms with Crippen LogP contribution in [0.2, 0.25) is 0 Å². The second-order valence-electron chi connectivity index (χ2n) is 5.48. The first-order chi connectivity index (χ1) is 12.0. The van der Waals surface area contributed by atoms with Gasteiger partial charge in [-0.15, -0.1) is 0 Å². The lowest BCUT2D eigenvalue weighted by Crippen LogP contribution is -2.10. The van der Waals surface area contributed by atoms with Crippen LogP contribution in [0, 0.1) is 0 Å². The van der Waals surface area contributed by atoms with Crippen molar-refractivity contribution in [1.82, 2.24) is 0 Å². The van der Waals surface area contributed by atoms with Crippen molar-refractivity contribution in [2.24, 2.45) is 0 Å². The number of benzene rings is 1. The molecule has 0 aromatic heterocycles. The summed E-state index contributed by atoms with van der Waals surface area (Å²) < 4.78 is 38.9. The van der Waals surface area contributed by atoms with E-state index in [1.807, 2.05) is 6.07 Å². The molecule has 0 fully saturated rings. The predicted molar refractivity (Wildman–Crippen MR) is 92.8 cm³/mol. The van der Waals surface area contributed by atoms with Crippen molar-refractivity contribution in [1.29, 1.82) is 0 Å². The monoisotopic (exact) mass is 374 g/mol. The summed E-state index contributed by atoms with van der Waals surface area (Å²) in [5.41, 5.74) is 0.707. The molecule has 0 aliphatic rings.